The number of nitrogens with one attached hydrogen (secondary N) is 1. The third kappa shape index (κ3) is 3.42. The molecular formula is C16H14NO5-. The van der Waals surface area contributed by atoms with Gasteiger partial charge in [-0.05, 0) is 36.4 Å². The molecular weight excluding hydrogens is 286 g/mol. The van der Waals surface area contributed by atoms with Gasteiger partial charge in [0.2, 0.25) is 0 Å². The van der Waals surface area contributed by atoms with Crippen molar-refractivity contribution in [3.63, 3.8) is 0 Å². The van der Waals surface area contributed by atoms with E-state index in [4.69, 9.17) is 9.47 Å². The Balaban J connectivity index is 2.23. The van der Waals surface area contributed by atoms with Gasteiger partial charge in [-0.3, -0.25) is 4.79 Å². The molecule has 0 spiro atoms. The molecule has 6 heteroatoms. The molecule has 2 aromatic carbocycles. The Bertz CT molecular complexity index is 667. The van der Waals surface area contributed by atoms with Crippen molar-refractivity contribution in [1.29, 1.82) is 0 Å². The summed E-state index contributed by atoms with van der Waals surface area (Å²) in [5, 5.41) is 11.0. The molecule has 1 N–H and O–H groups in total. The lowest BCUT2D eigenvalue weighted by Crippen LogP contribution is -2.10. The van der Waals surface area contributed by atoms with E-state index in [9.17, 15) is 14.8 Å². The summed E-state index contributed by atoms with van der Waals surface area (Å²) in [5.74, 6) is -0.0332. The molecule has 22 heavy (non-hydrogen) atoms. The molecule has 0 amide bonds. The molecule has 0 aromatic heterocycles. The summed E-state index contributed by atoms with van der Waals surface area (Å²) >= 11 is 0. The minimum absolute atomic E-state index is 0.0102. The number of carbonyl (C=O) groups is 2. The van der Waals surface area contributed by atoms with Gasteiger partial charge in [-0.2, -0.15) is 0 Å². The minimum atomic E-state index is -0.549. The standard InChI is InChI=1S/C16H14NO5/c1-21-16(19)13-3-2-4-15(17-20)14(13)10-22-12-7-5-11(9-18)6-8-12/h2-9,17H,10H2,1H3/q-1. The van der Waals surface area contributed by atoms with Crippen molar-refractivity contribution in [2.75, 3.05) is 12.6 Å². The summed E-state index contributed by atoms with van der Waals surface area (Å²) in [4.78, 5) is 22.3. The number of hydrogen-bond acceptors (Lipinski definition) is 6. The lowest BCUT2D eigenvalue weighted by Gasteiger charge is -2.18. The number of anilines is 1. The molecule has 0 saturated heterocycles. The van der Waals surface area contributed by atoms with E-state index in [1.54, 1.807) is 47.9 Å². The molecule has 0 heterocycles. The van der Waals surface area contributed by atoms with E-state index in [1.807, 2.05) is 0 Å². The van der Waals surface area contributed by atoms with Crippen LogP contribution in [0.4, 0.5) is 5.69 Å². The Morgan fingerprint density at radius 2 is 1.95 bits per heavy atom. The molecule has 0 atom stereocenters. The molecule has 0 fully saturated rings. The number of ether oxygens (including phenoxy) is 2. The van der Waals surface area contributed by atoms with Crippen LogP contribution in [0.25, 0.3) is 0 Å². The zero-order chi connectivity index (χ0) is 15.9. The van der Waals surface area contributed by atoms with Gasteiger partial charge in [0.15, 0.2) is 0 Å². The molecule has 0 unspecified atom stereocenters. The van der Waals surface area contributed by atoms with E-state index in [-0.39, 0.29) is 17.9 Å². The summed E-state index contributed by atoms with van der Waals surface area (Å²) in [6.45, 7) is 0.0102. The van der Waals surface area contributed by atoms with Crippen molar-refractivity contribution in [2.24, 2.45) is 0 Å². The van der Waals surface area contributed by atoms with Gasteiger partial charge in [0.05, 0.1) is 12.7 Å². The highest BCUT2D eigenvalue weighted by atomic mass is 16.5. The van der Waals surface area contributed by atoms with Crippen LogP contribution in [0.5, 0.6) is 5.75 Å². The molecule has 2 aromatic rings. The van der Waals surface area contributed by atoms with Crippen LogP contribution in [-0.2, 0) is 11.3 Å². The largest absolute Gasteiger partial charge is 0.761 e. The van der Waals surface area contributed by atoms with E-state index in [1.165, 1.54) is 7.11 Å². The number of hydrogen-bond donors (Lipinski definition) is 1. The van der Waals surface area contributed by atoms with Crippen molar-refractivity contribution < 1.29 is 19.1 Å². The van der Waals surface area contributed by atoms with Gasteiger partial charge in [0, 0.05) is 16.8 Å². The second-order valence-corrected chi connectivity index (χ2v) is 4.40. The SMILES string of the molecule is COC(=O)c1cccc(N[O-])c1COc1ccc(C=O)cc1. The maximum absolute atomic E-state index is 11.8. The minimum Gasteiger partial charge on any atom is -0.761 e. The Labute approximate surface area is 127 Å². The third-order valence-corrected chi connectivity index (χ3v) is 3.09. The van der Waals surface area contributed by atoms with Gasteiger partial charge < -0.3 is 20.2 Å². The molecule has 0 aliphatic heterocycles. The molecule has 6 nitrogen and oxygen atoms in total. The fraction of sp³-hybridized carbons (Fsp3) is 0.125. The average molecular weight is 300 g/mol. The zero-order valence-electron chi connectivity index (χ0n) is 11.9. The van der Waals surface area contributed by atoms with Crippen molar-refractivity contribution in [3.05, 3.63) is 64.4 Å². The number of benzene rings is 2. The molecule has 2 rings (SSSR count). The maximum Gasteiger partial charge on any atom is 0.338 e. The first-order valence-electron chi connectivity index (χ1n) is 6.46. The van der Waals surface area contributed by atoms with Gasteiger partial charge >= 0.3 is 5.97 Å². The number of aldehydes is 1. The Morgan fingerprint density at radius 3 is 2.55 bits per heavy atom. The molecule has 0 aliphatic rings. The van der Waals surface area contributed by atoms with Gasteiger partial charge in [-0.15, -0.1) is 0 Å². The lowest BCUT2D eigenvalue weighted by molar-refractivity contribution is 0.0597. The van der Waals surface area contributed by atoms with Crippen LogP contribution in [0.3, 0.4) is 0 Å². The Hall–Kier alpha value is -2.86. The molecule has 0 aliphatic carbocycles. The van der Waals surface area contributed by atoms with E-state index < -0.39 is 5.97 Å². The van der Waals surface area contributed by atoms with E-state index in [0.29, 0.717) is 16.9 Å². The second kappa shape index (κ2) is 7.24. The van der Waals surface area contributed by atoms with Crippen LogP contribution >= 0.6 is 0 Å². The normalized spacial score (nSPS) is 9.91. The van der Waals surface area contributed by atoms with E-state index in [2.05, 4.69) is 0 Å². The first-order valence-corrected chi connectivity index (χ1v) is 6.46. The van der Waals surface area contributed by atoms with Crippen molar-refractivity contribution in [3.8, 4) is 5.75 Å². The van der Waals surface area contributed by atoms with Crippen LogP contribution in [0.15, 0.2) is 42.5 Å². The van der Waals surface area contributed by atoms with Gasteiger partial charge in [-0.25, -0.2) is 4.79 Å². The summed E-state index contributed by atoms with van der Waals surface area (Å²) < 4.78 is 10.3. The fourth-order valence-electron chi connectivity index (χ4n) is 1.94. The van der Waals surface area contributed by atoms with Crippen molar-refractivity contribution >= 4 is 17.9 Å². The topological polar surface area (TPSA) is 87.7 Å². The fourth-order valence-corrected chi connectivity index (χ4v) is 1.94. The summed E-state index contributed by atoms with van der Waals surface area (Å²) in [7, 11) is 1.27. The van der Waals surface area contributed by atoms with Gasteiger partial charge in [0.1, 0.15) is 18.6 Å². The quantitative estimate of drug-likeness (QED) is 0.501. The number of carbonyl (C=O) groups excluding carboxylic acids is 2. The van der Waals surface area contributed by atoms with Crippen molar-refractivity contribution in [1.82, 2.24) is 0 Å². The molecule has 0 radical (unpaired) electrons. The Morgan fingerprint density at radius 1 is 1.23 bits per heavy atom. The number of methoxy groups -OCH3 is 1. The van der Waals surface area contributed by atoms with Crippen LogP contribution in [-0.4, -0.2) is 19.4 Å². The second-order valence-electron chi connectivity index (χ2n) is 4.40. The van der Waals surface area contributed by atoms with Crippen LogP contribution in [0.2, 0.25) is 0 Å². The predicted octanol–water partition coefficient (Wildman–Crippen LogP) is 2.77. The first kappa shape index (κ1) is 15.5. The Kier molecular flexibility index (Phi) is 5.11. The average Bonchev–Trinajstić information content (AvgIpc) is 2.59. The lowest BCUT2D eigenvalue weighted by atomic mass is 10.1. The zero-order valence-corrected chi connectivity index (χ0v) is 11.9. The highest BCUT2D eigenvalue weighted by Crippen LogP contribution is 2.23. The highest BCUT2D eigenvalue weighted by Gasteiger charge is 2.15. The number of esters is 1. The first-order chi connectivity index (χ1) is 10.7. The highest BCUT2D eigenvalue weighted by molar-refractivity contribution is 5.92. The maximum atomic E-state index is 11.8. The van der Waals surface area contributed by atoms with Crippen LogP contribution < -0.4 is 10.2 Å². The van der Waals surface area contributed by atoms with E-state index >= 15 is 0 Å². The van der Waals surface area contributed by atoms with Crippen LogP contribution in [0, 0.1) is 5.21 Å². The predicted molar refractivity (Wildman–Crippen MR) is 80.9 cm³/mol. The smallest absolute Gasteiger partial charge is 0.338 e. The van der Waals surface area contributed by atoms with Gasteiger partial charge in [0.25, 0.3) is 0 Å². The van der Waals surface area contributed by atoms with Crippen LogP contribution in [0.1, 0.15) is 26.3 Å². The summed E-state index contributed by atoms with van der Waals surface area (Å²) in [6, 6.07) is 11.2. The summed E-state index contributed by atoms with van der Waals surface area (Å²) in [6.07, 6.45) is 0.732. The molecule has 0 saturated carbocycles. The number of rotatable bonds is 6. The van der Waals surface area contributed by atoms with E-state index in [0.717, 1.165) is 6.29 Å². The van der Waals surface area contributed by atoms with Crippen molar-refractivity contribution in [2.45, 2.75) is 6.61 Å². The monoisotopic (exact) mass is 300 g/mol. The van der Waals surface area contributed by atoms with Gasteiger partial charge in [-0.1, -0.05) is 6.07 Å². The molecule has 114 valence electrons. The summed E-state index contributed by atoms with van der Waals surface area (Å²) in [5.41, 5.74) is 3.22. The third-order valence-electron chi connectivity index (χ3n) is 3.09. The molecule has 0 bridgehead atoms.